The van der Waals surface area contributed by atoms with Crippen molar-refractivity contribution in [2.45, 2.75) is 19.3 Å². The standard InChI is InChI=1S/C47H33N3/c1-47(2)37-21-11-9-19-35(37)45-43-33(18-13-22-38(43)47)28-42-44(45)36-20-10-12-23-41(36)50(42)34-26-24-31(25-27-34)40-29-39(30-14-5-3-6-15-30)48-46(49-40)32-16-7-4-8-17-32/h3-29H,1-2H3. The molecule has 3 nitrogen and oxygen atoms in total. The zero-order valence-electron chi connectivity index (χ0n) is 27.9. The molecule has 3 heteroatoms. The average molecular weight is 640 g/mol. The SMILES string of the molecule is CC1(C)c2ccccc2-c2c3c1cccc3cc1c2c2ccccc2n1-c1ccc(-c2cc(-c3ccccc3)nc(-c3ccccc3)n2)cc1. The van der Waals surface area contributed by atoms with Crippen LogP contribution in [-0.2, 0) is 5.41 Å². The van der Waals surface area contributed by atoms with E-state index in [4.69, 9.17) is 9.97 Å². The quantitative estimate of drug-likeness (QED) is 0.192. The van der Waals surface area contributed by atoms with Crippen LogP contribution in [0.3, 0.4) is 0 Å². The van der Waals surface area contributed by atoms with Crippen LogP contribution in [0.4, 0.5) is 0 Å². The van der Waals surface area contributed by atoms with Gasteiger partial charge < -0.3 is 4.57 Å². The predicted octanol–water partition coefficient (Wildman–Crippen LogP) is 12.0. The van der Waals surface area contributed by atoms with E-state index in [-0.39, 0.29) is 5.41 Å². The summed E-state index contributed by atoms with van der Waals surface area (Å²) in [6.07, 6.45) is 0. The minimum atomic E-state index is -0.0905. The first kappa shape index (κ1) is 28.7. The molecule has 50 heavy (non-hydrogen) atoms. The molecule has 7 aromatic carbocycles. The number of benzene rings is 7. The summed E-state index contributed by atoms with van der Waals surface area (Å²) >= 11 is 0. The number of hydrogen-bond acceptors (Lipinski definition) is 2. The molecule has 0 N–H and O–H groups in total. The summed E-state index contributed by atoms with van der Waals surface area (Å²) in [5.41, 5.74) is 13.8. The summed E-state index contributed by atoms with van der Waals surface area (Å²) in [6.45, 7) is 4.73. The molecule has 2 heterocycles. The van der Waals surface area contributed by atoms with Crippen molar-refractivity contribution in [1.29, 1.82) is 0 Å². The lowest BCUT2D eigenvalue weighted by molar-refractivity contribution is 0.645. The van der Waals surface area contributed by atoms with E-state index in [0.29, 0.717) is 0 Å². The Morgan fingerprint density at radius 3 is 1.86 bits per heavy atom. The Kier molecular flexibility index (Phi) is 6.22. The fourth-order valence-corrected chi connectivity index (χ4v) is 8.21. The van der Waals surface area contributed by atoms with Crippen molar-refractivity contribution in [3.05, 3.63) is 175 Å². The molecule has 0 amide bonds. The van der Waals surface area contributed by atoms with Crippen LogP contribution in [0.5, 0.6) is 0 Å². The fraction of sp³-hybridized carbons (Fsp3) is 0.0638. The smallest absolute Gasteiger partial charge is 0.160 e. The zero-order valence-corrected chi connectivity index (χ0v) is 27.9. The third-order valence-electron chi connectivity index (χ3n) is 10.6. The second-order valence-corrected chi connectivity index (χ2v) is 13.8. The highest BCUT2D eigenvalue weighted by Gasteiger charge is 2.35. The lowest BCUT2D eigenvalue weighted by Gasteiger charge is -2.35. The summed E-state index contributed by atoms with van der Waals surface area (Å²) in [7, 11) is 0. The van der Waals surface area contributed by atoms with Crippen LogP contribution < -0.4 is 0 Å². The maximum absolute atomic E-state index is 5.08. The minimum Gasteiger partial charge on any atom is -0.309 e. The van der Waals surface area contributed by atoms with E-state index in [2.05, 4.69) is 158 Å². The Hall–Kier alpha value is -6.32. The molecule has 0 unspecified atom stereocenters. The first-order valence-corrected chi connectivity index (χ1v) is 17.3. The Balaban J connectivity index is 1.19. The van der Waals surface area contributed by atoms with Gasteiger partial charge in [-0.05, 0) is 57.8 Å². The van der Waals surface area contributed by atoms with Gasteiger partial charge in [0.2, 0.25) is 0 Å². The molecule has 9 aromatic rings. The second kappa shape index (κ2) is 10.8. The van der Waals surface area contributed by atoms with E-state index in [0.717, 1.165) is 39.6 Å². The van der Waals surface area contributed by atoms with Crippen LogP contribution in [-0.4, -0.2) is 14.5 Å². The Bertz CT molecular complexity index is 2700. The molecule has 0 fully saturated rings. The van der Waals surface area contributed by atoms with Gasteiger partial charge in [0.1, 0.15) is 0 Å². The van der Waals surface area contributed by atoms with Crippen molar-refractivity contribution in [3.63, 3.8) is 0 Å². The Morgan fingerprint density at radius 2 is 1.10 bits per heavy atom. The summed E-state index contributed by atoms with van der Waals surface area (Å²) in [6, 6.07) is 58.6. The molecule has 1 aliphatic rings. The molecule has 10 rings (SSSR count). The molecule has 0 atom stereocenters. The highest BCUT2D eigenvalue weighted by Crippen LogP contribution is 2.52. The van der Waals surface area contributed by atoms with Crippen LogP contribution >= 0.6 is 0 Å². The van der Waals surface area contributed by atoms with Crippen LogP contribution in [0.15, 0.2) is 164 Å². The molecule has 0 spiro atoms. The highest BCUT2D eigenvalue weighted by atomic mass is 15.0. The van der Waals surface area contributed by atoms with Crippen LogP contribution in [0.25, 0.3) is 83.3 Å². The average Bonchev–Trinajstić information content (AvgIpc) is 3.51. The minimum absolute atomic E-state index is 0.0905. The van der Waals surface area contributed by atoms with Gasteiger partial charge in [-0.2, -0.15) is 0 Å². The maximum atomic E-state index is 5.08. The predicted molar refractivity (Wildman–Crippen MR) is 208 cm³/mol. The number of rotatable bonds is 4. The van der Waals surface area contributed by atoms with Crippen molar-refractivity contribution in [2.75, 3.05) is 0 Å². The number of fused-ring (bicyclic) bond motifs is 6. The van der Waals surface area contributed by atoms with Gasteiger partial charge in [-0.1, -0.05) is 147 Å². The Morgan fingerprint density at radius 1 is 0.480 bits per heavy atom. The monoisotopic (exact) mass is 639 g/mol. The van der Waals surface area contributed by atoms with Gasteiger partial charge in [0, 0.05) is 44.1 Å². The van der Waals surface area contributed by atoms with Crippen LogP contribution in [0.2, 0.25) is 0 Å². The molecule has 236 valence electrons. The van der Waals surface area contributed by atoms with Gasteiger partial charge in [-0.15, -0.1) is 0 Å². The molecule has 0 aliphatic heterocycles. The summed E-state index contributed by atoms with van der Waals surface area (Å²) in [5.74, 6) is 0.720. The maximum Gasteiger partial charge on any atom is 0.160 e. The van der Waals surface area contributed by atoms with Gasteiger partial charge in [0.05, 0.1) is 22.4 Å². The lowest BCUT2D eigenvalue weighted by atomic mass is 9.68. The summed E-state index contributed by atoms with van der Waals surface area (Å²) < 4.78 is 2.43. The van der Waals surface area contributed by atoms with Crippen molar-refractivity contribution in [2.24, 2.45) is 0 Å². The first-order chi connectivity index (χ1) is 24.6. The van der Waals surface area contributed by atoms with E-state index in [1.165, 1.54) is 54.8 Å². The number of para-hydroxylation sites is 1. The third-order valence-corrected chi connectivity index (χ3v) is 10.6. The molecule has 0 saturated carbocycles. The van der Waals surface area contributed by atoms with Crippen molar-refractivity contribution < 1.29 is 0 Å². The molecular formula is C47H33N3. The van der Waals surface area contributed by atoms with E-state index in [1.807, 2.05) is 24.3 Å². The topological polar surface area (TPSA) is 30.7 Å². The van der Waals surface area contributed by atoms with Gasteiger partial charge >= 0.3 is 0 Å². The molecule has 0 radical (unpaired) electrons. The van der Waals surface area contributed by atoms with E-state index < -0.39 is 0 Å². The van der Waals surface area contributed by atoms with Crippen molar-refractivity contribution in [1.82, 2.24) is 14.5 Å². The number of aromatic nitrogens is 3. The third kappa shape index (κ3) is 4.23. The largest absolute Gasteiger partial charge is 0.309 e. The van der Waals surface area contributed by atoms with Gasteiger partial charge in [-0.25, -0.2) is 9.97 Å². The molecule has 0 saturated heterocycles. The first-order valence-electron chi connectivity index (χ1n) is 17.3. The van der Waals surface area contributed by atoms with E-state index >= 15 is 0 Å². The number of nitrogens with zero attached hydrogens (tertiary/aromatic N) is 3. The van der Waals surface area contributed by atoms with Gasteiger partial charge in [0.25, 0.3) is 0 Å². The summed E-state index contributed by atoms with van der Waals surface area (Å²) in [4.78, 5) is 10.1. The lowest BCUT2D eigenvalue weighted by Crippen LogP contribution is -2.23. The van der Waals surface area contributed by atoms with E-state index in [9.17, 15) is 0 Å². The van der Waals surface area contributed by atoms with Gasteiger partial charge in [-0.3, -0.25) is 0 Å². The molecule has 0 bridgehead atoms. The van der Waals surface area contributed by atoms with Crippen molar-refractivity contribution >= 4 is 32.6 Å². The van der Waals surface area contributed by atoms with Crippen LogP contribution in [0, 0.1) is 0 Å². The van der Waals surface area contributed by atoms with Gasteiger partial charge in [0.15, 0.2) is 5.82 Å². The molecule has 2 aromatic heterocycles. The fourth-order valence-electron chi connectivity index (χ4n) is 8.21. The summed E-state index contributed by atoms with van der Waals surface area (Å²) in [5, 5.41) is 5.22. The Labute approximate surface area is 291 Å². The molecule has 1 aliphatic carbocycles. The van der Waals surface area contributed by atoms with Crippen LogP contribution in [0.1, 0.15) is 25.0 Å². The molecular weight excluding hydrogens is 607 g/mol. The normalized spacial score (nSPS) is 13.2. The van der Waals surface area contributed by atoms with Crippen molar-refractivity contribution in [3.8, 4) is 50.7 Å². The second-order valence-electron chi connectivity index (χ2n) is 13.8. The highest BCUT2D eigenvalue weighted by molar-refractivity contribution is 6.24. The van der Waals surface area contributed by atoms with E-state index in [1.54, 1.807) is 0 Å². The zero-order chi connectivity index (χ0) is 33.4. The number of hydrogen-bond donors (Lipinski definition) is 0.